The van der Waals surface area contributed by atoms with Gasteiger partial charge in [-0.3, -0.25) is 9.59 Å². The van der Waals surface area contributed by atoms with E-state index >= 15 is 0 Å². The van der Waals surface area contributed by atoms with E-state index in [-0.39, 0.29) is 11.3 Å². The van der Waals surface area contributed by atoms with E-state index in [1.165, 1.54) is 25.7 Å². The summed E-state index contributed by atoms with van der Waals surface area (Å²) in [6, 6.07) is 0. The predicted molar refractivity (Wildman–Crippen MR) is 93.5 cm³/mol. The number of piperidine rings is 1. The molecule has 4 heteroatoms. The molecule has 0 radical (unpaired) electrons. The van der Waals surface area contributed by atoms with Gasteiger partial charge in [0.25, 0.3) is 0 Å². The van der Waals surface area contributed by atoms with E-state index in [1.807, 2.05) is 4.90 Å². The lowest BCUT2D eigenvalue weighted by Gasteiger charge is -2.38. The Labute approximate surface area is 146 Å². The van der Waals surface area contributed by atoms with Gasteiger partial charge >= 0.3 is 5.97 Å². The van der Waals surface area contributed by atoms with E-state index in [1.54, 1.807) is 0 Å². The maximum absolute atomic E-state index is 12.6. The molecule has 136 valence electrons. The van der Waals surface area contributed by atoms with Crippen molar-refractivity contribution in [2.24, 2.45) is 28.6 Å². The van der Waals surface area contributed by atoms with Crippen LogP contribution >= 0.6 is 0 Å². The van der Waals surface area contributed by atoms with E-state index in [9.17, 15) is 9.59 Å². The first-order valence-electron chi connectivity index (χ1n) is 9.72. The van der Waals surface area contributed by atoms with Crippen molar-refractivity contribution in [2.75, 3.05) is 13.1 Å². The van der Waals surface area contributed by atoms with Crippen LogP contribution < -0.4 is 0 Å². The third kappa shape index (κ3) is 3.62. The maximum atomic E-state index is 12.6. The quantitative estimate of drug-likeness (QED) is 0.850. The summed E-state index contributed by atoms with van der Waals surface area (Å²) in [5.41, 5.74) is 0.411. The van der Waals surface area contributed by atoms with Gasteiger partial charge in [-0.15, -0.1) is 0 Å². The molecule has 4 nitrogen and oxygen atoms in total. The van der Waals surface area contributed by atoms with Gasteiger partial charge in [0, 0.05) is 19.5 Å². The van der Waals surface area contributed by atoms with E-state index in [0.29, 0.717) is 23.7 Å². The number of carboxylic acids is 1. The average Bonchev–Trinajstić information content (AvgIpc) is 3.21. The molecule has 3 aliphatic rings. The van der Waals surface area contributed by atoms with Crippen LogP contribution in [0.3, 0.4) is 0 Å². The van der Waals surface area contributed by atoms with Crippen molar-refractivity contribution in [1.82, 2.24) is 4.90 Å². The fraction of sp³-hybridized carbons (Fsp3) is 0.900. The number of nitrogens with zero attached hydrogens (tertiary/aromatic N) is 1. The van der Waals surface area contributed by atoms with Crippen molar-refractivity contribution in [3.8, 4) is 0 Å². The Kier molecular flexibility index (Phi) is 4.69. The molecule has 1 atom stereocenters. The third-order valence-electron chi connectivity index (χ3n) is 7.13. The molecular weight excluding hydrogens is 302 g/mol. The average molecular weight is 335 g/mol. The molecule has 0 aromatic rings. The monoisotopic (exact) mass is 335 g/mol. The number of rotatable bonds is 3. The van der Waals surface area contributed by atoms with Crippen LogP contribution in [0, 0.1) is 28.6 Å². The normalized spacial score (nSPS) is 32.6. The molecule has 1 unspecified atom stereocenters. The minimum absolute atomic E-state index is 0.0212. The molecule has 1 amide bonds. The topological polar surface area (TPSA) is 57.6 Å². The zero-order valence-electron chi connectivity index (χ0n) is 15.5. The Morgan fingerprint density at radius 3 is 2.12 bits per heavy atom. The van der Waals surface area contributed by atoms with Crippen LogP contribution in [-0.2, 0) is 9.59 Å². The standard InChI is InChI=1S/C20H33NO3/c1-19(2,3)15-6-4-14(5-7-15)12-17(22)21-10-8-20(9-11-21)13-16(20)18(23)24/h14-16H,4-13H2,1-3H3,(H,23,24). The third-order valence-corrected chi connectivity index (χ3v) is 7.13. The molecule has 3 fully saturated rings. The molecule has 24 heavy (non-hydrogen) atoms. The first-order valence-corrected chi connectivity index (χ1v) is 9.72. The van der Waals surface area contributed by atoms with Crippen molar-refractivity contribution in [2.45, 2.75) is 72.1 Å². The molecule has 1 spiro atoms. The fourth-order valence-corrected chi connectivity index (χ4v) is 5.06. The lowest BCUT2D eigenvalue weighted by Crippen LogP contribution is -2.41. The van der Waals surface area contributed by atoms with Gasteiger partial charge in [0.2, 0.25) is 5.91 Å². The number of carbonyl (C=O) groups excluding carboxylic acids is 1. The molecule has 1 aliphatic heterocycles. The maximum Gasteiger partial charge on any atom is 0.307 e. The van der Waals surface area contributed by atoms with Gasteiger partial charge in [-0.05, 0) is 67.6 Å². The van der Waals surface area contributed by atoms with E-state index in [2.05, 4.69) is 20.8 Å². The van der Waals surface area contributed by atoms with Crippen LogP contribution in [0.2, 0.25) is 0 Å². The van der Waals surface area contributed by atoms with Gasteiger partial charge in [0.05, 0.1) is 5.92 Å². The predicted octanol–water partition coefficient (Wildman–Crippen LogP) is 3.94. The van der Waals surface area contributed by atoms with Gasteiger partial charge < -0.3 is 10.0 Å². The number of likely N-dealkylation sites (tertiary alicyclic amines) is 1. The van der Waals surface area contributed by atoms with E-state index < -0.39 is 5.97 Å². The Morgan fingerprint density at radius 2 is 1.67 bits per heavy atom. The van der Waals surface area contributed by atoms with E-state index in [0.717, 1.165) is 38.3 Å². The molecule has 0 aromatic heterocycles. The van der Waals surface area contributed by atoms with Gasteiger partial charge in [-0.25, -0.2) is 0 Å². The SMILES string of the molecule is CC(C)(C)C1CCC(CC(=O)N2CCC3(CC2)CC3C(=O)O)CC1. The lowest BCUT2D eigenvalue weighted by molar-refractivity contribution is -0.140. The highest BCUT2D eigenvalue weighted by molar-refractivity contribution is 5.77. The summed E-state index contributed by atoms with van der Waals surface area (Å²) in [6.07, 6.45) is 8.17. The van der Waals surface area contributed by atoms with Crippen LogP contribution in [0.25, 0.3) is 0 Å². The Morgan fingerprint density at radius 1 is 1.08 bits per heavy atom. The van der Waals surface area contributed by atoms with Crippen LogP contribution in [0.15, 0.2) is 0 Å². The van der Waals surface area contributed by atoms with Crippen molar-refractivity contribution >= 4 is 11.9 Å². The lowest BCUT2D eigenvalue weighted by atomic mass is 9.69. The summed E-state index contributed by atoms with van der Waals surface area (Å²) in [4.78, 5) is 25.7. The number of amides is 1. The smallest absolute Gasteiger partial charge is 0.307 e. The summed E-state index contributed by atoms with van der Waals surface area (Å²) >= 11 is 0. The number of hydrogen-bond donors (Lipinski definition) is 1. The van der Waals surface area contributed by atoms with Crippen molar-refractivity contribution < 1.29 is 14.7 Å². The molecule has 1 saturated heterocycles. The first kappa shape index (κ1) is 17.8. The summed E-state index contributed by atoms with van der Waals surface area (Å²) in [5.74, 6) is 0.852. The van der Waals surface area contributed by atoms with Crippen molar-refractivity contribution in [1.29, 1.82) is 0 Å². The molecule has 0 bridgehead atoms. The Bertz CT molecular complexity index is 492. The fourth-order valence-electron chi connectivity index (χ4n) is 5.06. The zero-order valence-corrected chi connectivity index (χ0v) is 15.5. The van der Waals surface area contributed by atoms with Gasteiger partial charge in [-0.1, -0.05) is 20.8 Å². The minimum atomic E-state index is -0.648. The second-order valence-electron chi connectivity index (χ2n) is 9.63. The molecule has 2 saturated carbocycles. The molecule has 0 aromatic carbocycles. The summed E-state index contributed by atoms with van der Waals surface area (Å²) in [5, 5.41) is 9.16. The number of carboxylic acid groups (broad SMARTS) is 1. The highest BCUT2D eigenvalue weighted by atomic mass is 16.4. The molecule has 1 heterocycles. The molecule has 2 aliphatic carbocycles. The van der Waals surface area contributed by atoms with Crippen LogP contribution in [-0.4, -0.2) is 35.0 Å². The van der Waals surface area contributed by atoms with Crippen LogP contribution in [0.5, 0.6) is 0 Å². The summed E-state index contributed by atoms with van der Waals surface area (Å²) in [6.45, 7) is 8.51. The number of carbonyl (C=O) groups is 2. The minimum Gasteiger partial charge on any atom is -0.481 e. The number of hydrogen-bond acceptors (Lipinski definition) is 2. The zero-order chi connectivity index (χ0) is 17.5. The highest BCUT2D eigenvalue weighted by Crippen LogP contribution is 2.59. The Balaban J connectivity index is 1.42. The summed E-state index contributed by atoms with van der Waals surface area (Å²) < 4.78 is 0. The van der Waals surface area contributed by atoms with Crippen LogP contribution in [0.1, 0.15) is 72.1 Å². The van der Waals surface area contributed by atoms with Crippen molar-refractivity contribution in [3.63, 3.8) is 0 Å². The molecule has 3 rings (SSSR count). The molecule has 1 N–H and O–H groups in total. The largest absolute Gasteiger partial charge is 0.481 e. The van der Waals surface area contributed by atoms with Gasteiger partial charge in [-0.2, -0.15) is 0 Å². The second-order valence-corrected chi connectivity index (χ2v) is 9.63. The Hall–Kier alpha value is -1.06. The van der Waals surface area contributed by atoms with Crippen molar-refractivity contribution in [3.05, 3.63) is 0 Å². The van der Waals surface area contributed by atoms with E-state index in [4.69, 9.17) is 5.11 Å². The number of aliphatic carboxylic acids is 1. The van der Waals surface area contributed by atoms with Crippen LogP contribution in [0.4, 0.5) is 0 Å². The molecular formula is C20H33NO3. The second kappa shape index (κ2) is 6.34. The summed E-state index contributed by atoms with van der Waals surface area (Å²) in [7, 11) is 0. The van der Waals surface area contributed by atoms with Gasteiger partial charge in [0.15, 0.2) is 0 Å². The highest BCUT2D eigenvalue weighted by Gasteiger charge is 2.59. The van der Waals surface area contributed by atoms with Gasteiger partial charge in [0.1, 0.15) is 0 Å². The first-order chi connectivity index (χ1) is 11.2.